The lowest BCUT2D eigenvalue weighted by Gasteiger charge is -2.14. The second-order valence-corrected chi connectivity index (χ2v) is 5.84. The lowest BCUT2D eigenvalue weighted by atomic mass is 10.0. The van der Waals surface area contributed by atoms with E-state index in [2.05, 4.69) is 5.32 Å². The van der Waals surface area contributed by atoms with Crippen molar-refractivity contribution >= 4 is 23.1 Å². The molecule has 27 heavy (non-hydrogen) atoms. The van der Waals surface area contributed by atoms with Crippen molar-refractivity contribution < 1.29 is 23.5 Å². The van der Waals surface area contributed by atoms with Gasteiger partial charge in [0.15, 0.2) is 0 Å². The van der Waals surface area contributed by atoms with E-state index in [0.717, 1.165) is 4.90 Å². The van der Waals surface area contributed by atoms with Crippen LogP contribution < -0.4 is 10.1 Å². The van der Waals surface area contributed by atoms with Gasteiger partial charge in [0.05, 0.1) is 25.8 Å². The molecule has 1 aliphatic heterocycles. The van der Waals surface area contributed by atoms with E-state index in [9.17, 15) is 14.0 Å². The van der Waals surface area contributed by atoms with E-state index in [-0.39, 0.29) is 24.4 Å². The van der Waals surface area contributed by atoms with Gasteiger partial charge in [-0.2, -0.15) is 0 Å². The van der Waals surface area contributed by atoms with Crippen molar-refractivity contribution in [3.8, 4) is 5.75 Å². The molecule has 0 bridgehead atoms. The number of ether oxygens (including phenoxy) is 2. The highest BCUT2D eigenvalue weighted by molar-refractivity contribution is 6.37. The third-order valence-electron chi connectivity index (χ3n) is 4.16. The molecule has 0 fully saturated rings. The molecule has 7 heteroatoms. The number of para-hydroxylation sites is 1. The number of hydrogen-bond acceptors (Lipinski definition) is 5. The zero-order chi connectivity index (χ0) is 19.4. The van der Waals surface area contributed by atoms with Gasteiger partial charge in [0.2, 0.25) is 0 Å². The third kappa shape index (κ3) is 3.68. The average Bonchev–Trinajstić information content (AvgIpc) is 2.90. The van der Waals surface area contributed by atoms with Gasteiger partial charge in [-0.05, 0) is 24.3 Å². The zero-order valence-electron chi connectivity index (χ0n) is 15.0. The van der Waals surface area contributed by atoms with Gasteiger partial charge >= 0.3 is 0 Å². The molecular formula is C20H19FN2O4. The van der Waals surface area contributed by atoms with Crippen LogP contribution in [0.25, 0.3) is 5.57 Å². The second-order valence-electron chi connectivity index (χ2n) is 5.84. The van der Waals surface area contributed by atoms with Crippen molar-refractivity contribution in [1.82, 2.24) is 4.90 Å². The van der Waals surface area contributed by atoms with Crippen LogP contribution >= 0.6 is 0 Å². The topological polar surface area (TPSA) is 67.9 Å². The highest BCUT2D eigenvalue weighted by atomic mass is 19.1. The van der Waals surface area contributed by atoms with Crippen LogP contribution in [0.1, 0.15) is 5.56 Å². The van der Waals surface area contributed by atoms with E-state index < -0.39 is 17.6 Å². The maximum atomic E-state index is 13.5. The van der Waals surface area contributed by atoms with Crippen LogP contribution in [0.5, 0.6) is 5.75 Å². The van der Waals surface area contributed by atoms with Crippen LogP contribution in [0.4, 0.5) is 10.1 Å². The van der Waals surface area contributed by atoms with Crippen molar-refractivity contribution in [1.29, 1.82) is 0 Å². The number of imide groups is 1. The maximum absolute atomic E-state index is 13.5. The third-order valence-corrected chi connectivity index (χ3v) is 4.16. The van der Waals surface area contributed by atoms with Crippen LogP contribution in [0.3, 0.4) is 0 Å². The smallest absolute Gasteiger partial charge is 0.278 e. The number of anilines is 1. The van der Waals surface area contributed by atoms with Crippen LogP contribution in [0, 0.1) is 5.82 Å². The standard InChI is InChI=1S/C20H19FN2O4/c1-26-11-10-23-19(24)17(15-8-3-4-9-16(15)27-2)18(20(23)25)22-14-7-5-6-13(21)12-14/h3-9,12,22H,10-11H2,1-2H3. The SMILES string of the molecule is COCCN1C(=O)C(Nc2cccc(F)c2)=C(c2ccccc2OC)C1=O. The number of halogens is 1. The fourth-order valence-electron chi connectivity index (χ4n) is 2.89. The molecule has 0 saturated carbocycles. The van der Waals surface area contributed by atoms with Gasteiger partial charge in [-0.25, -0.2) is 4.39 Å². The molecule has 0 aromatic heterocycles. The predicted octanol–water partition coefficient (Wildman–Crippen LogP) is 2.67. The van der Waals surface area contributed by atoms with E-state index >= 15 is 0 Å². The number of methoxy groups -OCH3 is 2. The number of amides is 2. The summed E-state index contributed by atoms with van der Waals surface area (Å²) in [5, 5.41) is 2.90. The minimum atomic E-state index is -0.498. The minimum Gasteiger partial charge on any atom is -0.496 e. The molecule has 6 nitrogen and oxygen atoms in total. The summed E-state index contributed by atoms with van der Waals surface area (Å²) in [6.45, 7) is 0.324. The number of carbonyl (C=O) groups excluding carboxylic acids is 2. The normalized spacial score (nSPS) is 14.1. The fourth-order valence-corrected chi connectivity index (χ4v) is 2.89. The van der Waals surface area contributed by atoms with Crippen molar-refractivity contribution in [2.24, 2.45) is 0 Å². The zero-order valence-corrected chi connectivity index (χ0v) is 15.0. The Kier molecular flexibility index (Phi) is 5.52. The van der Waals surface area contributed by atoms with Gasteiger partial charge in [0.25, 0.3) is 11.8 Å². The molecule has 2 amide bonds. The molecule has 0 saturated heterocycles. The fraction of sp³-hybridized carbons (Fsp3) is 0.200. The molecule has 0 atom stereocenters. The predicted molar refractivity (Wildman–Crippen MR) is 98.5 cm³/mol. The Morgan fingerprint density at radius 3 is 2.52 bits per heavy atom. The van der Waals surface area contributed by atoms with Crippen LogP contribution in [-0.4, -0.2) is 44.1 Å². The molecule has 1 N–H and O–H groups in total. The summed E-state index contributed by atoms with van der Waals surface area (Å²) in [5.74, 6) is -0.948. The van der Waals surface area contributed by atoms with Gasteiger partial charge in [-0.3, -0.25) is 14.5 Å². The second kappa shape index (κ2) is 8.01. The summed E-state index contributed by atoms with van der Waals surface area (Å²) in [7, 11) is 2.98. The van der Waals surface area contributed by atoms with Crippen LogP contribution in [0.2, 0.25) is 0 Å². The molecule has 140 valence electrons. The van der Waals surface area contributed by atoms with Gasteiger partial charge in [-0.1, -0.05) is 24.3 Å². The number of carbonyl (C=O) groups is 2. The first-order chi connectivity index (χ1) is 13.1. The molecule has 1 heterocycles. The monoisotopic (exact) mass is 370 g/mol. The molecule has 0 aliphatic carbocycles. The quantitative estimate of drug-likeness (QED) is 0.759. The Bertz CT molecular complexity index is 910. The first kappa shape index (κ1) is 18.6. The molecule has 0 radical (unpaired) electrons. The molecule has 2 aromatic rings. The Morgan fingerprint density at radius 1 is 1.04 bits per heavy atom. The summed E-state index contributed by atoms with van der Waals surface area (Å²) in [6, 6.07) is 12.6. The van der Waals surface area contributed by atoms with Crippen molar-refractivity contribution in [3.63, 3.8) is 0 Å². The molecule has 0 unspecified atom stereocenters. The van der Waals surface area contributed by atoms with Gasteiger partial charge in [0.1, 0.15) is 17.3 Å². The Morgan fingerprint density at radius 2 is 1.81 bits per heavy atom. The van der Waals surface area contributed by atoms with E-state index in [4.69, 9.17) is 9.47 Å². The number of nitrogens with zero attached hydrogens (tertiary/aromatic N) is 1. The summed E-state index contributed by atoms with van der Waals surface area (Å²) >= 11 is 0. The Balaban J connectivity index is 2.09. The highest BCUT2D eigenvalue weighted by Gasteiger charge is 2.40. The van der Waals surface area contributed by atoms with Crippen molar-refractivity contribution in [3.05, 3.63) is 65.6 Å². The maximum Gasteiger partial charge on any atom is 0.278 e. The van der Waals surface area contributed by atoms with E-state index in [1.807, 2.05) is 0 Å². The van der Waals surface area contributed by atoms with Gasteiger partial charge in [-0.15, -0.1) is 0 Å². The average molecular weight is 370 g/mol. The summed E-state index contributed by atoms with van der Waals surface area (Å²) in [6.07, 6.45) is 0. The summed E-state index contributed by atoms with van der Waals surface area (Å²) in [4.78, 5) is 27.0. The molecule has 2 aromatic carbocycles. The highest BCUT2D eigenvalue weighted by Crippen LogP contribution is 2.35. The summed E-state index contributed by atoms with van der Waals surface area (Å²) in [5.41, 5.74) is 1.10. The van der Waals surface area contributed by atoms with E-state index in [1.54, 1.807) is 30.3 Å². The van der Waals surface area contributed by atoms with E-state index in [1.165, 1.54) is 32.4 Å². The molecule has 3 rings (SSSR count). The number of benzene rings is 2. The van der Waals surface area contributed by atoms with Gasteiger partial charge < -0.3 is 14.8 Å². The Hall–Kier alpha value is -3.19. The molecule has 0 spiro atoms. The molecular weight excluding hydrogens is 351 g/mol. The lowest BCUT2D eigenvalue weighted by Crippen LogP contribution is -2.35. The minimum absolute atomic E-state index is 0.0752. The summed E-state index contributed by atoms with van der Waals surface area (Å²) < 4.78 is 23.9. The van der Waals surface area contributed by atoms with Crippen molar-refractivity contribution in [2.45, 2.75) is 0 Å². The number of rotatable bonds is 7. The number of nitrogens with one attached hydrogen (secondary N) is 1. The molecule has 1 aliphatic rings. The van der Waals surface area contributed by atoms with Crippen molar-refractivity contribution in [2.75, 3.05) is 32.7 Å². The first-order valence-corrected chi connectivity index (χ1v) is 8.32. The van der Waals surface area contributed by atoms with Crippen LogP contribution in [-0.2, 0) is 14.3 Å². The van der Waals surface area contributed by atoms with E-state index in [0.29, 0.717) is 17.0 Å². The van der Waals surface area contributed by atoms with Gasteiger partial charge in [0, 0.05) is 18.4 Å². The number of hydrogen-bond donors (Lipinski definition) is 1. The first-order valence-electron chi connectivity index (χ1n) is 8.32. The lowest BCUT2D eigenvalue weighted by molar-refractivity contribution is -0.137. The van der Waals surface area contributed by atoms with Crippen LogP contribution in [0.15, 0.2) is 54.2 Å². The Labute approximate surface area is 156 Å². The largest absolute Gasteiger partial charge is 0.496 e.